The van der Waals surface area contributed by atoms with Gasteiger partial charge in [0.2, 0.25) is 0 Å². The monoisotopic (exact) mass is 275 g/mol. The van der Waals surface area contributed by atoms with E-state index in [-0.39, 0.29) is 0 Å². The van der Waals surface area contributed by atoms with Gasteiger partial charge in [-0.2, -0.15) is 13.2 Å². The predicted octanol–water partition coefficient (Wildman–Crippen LogP) is 3.15. The lowest BCUT2D eigenvalue weighted by Gasteiger charge is -2.27. The van der Waals surface area contributed by atoms with Gasteiger partial charge < -0.3 is 10.8 Å². The van der Waals surface area contributed by atoms with E-state index in [1.807, 2.05) is 20.8 Å². The van der Waals surface area contributed by atoms with Crippen LogP contribution in [-0.4, -0.2) is 17.4 Å². The van der Waals surface area contributed by atoms with Crippen LogP contribution in [0, 0.1) is 34.6 Å². The van der Waals surface area contributed by atoms with Crippen LogP contribution >= 0.6 is 0 Å². The van der Waals surface area contributed by atoms with Crippen LogP contribution in [0.2, 0.25) is 0 Å². The fourth-order valence-corrected chi connectivity index (χ4v) is 2.39. The first kappa shape index (κ1) is 16.0. The van der Waals surface area contributed by atoms with E-state index in [0.717, 1.165) is 27.8 Å². The Balaban J connectivity index is 3.44. The van der Waals surface area contributed by atoms with Crippen molar-refractivity contribution >= 4 is 0 Å². The summed E-state index contributed by atoms with van der Waals surface area (Å²) in [5.41, 5.74) is 10.4. The molecule has 5 heteroatoms. The zero-order valence-electron chi connectivity index (χ0n) is 11.8. The first-order valence-corrected chi connectivity index (χ1v) is 6.07. The highest BCUT2D eigenvalue weighted by Gasteiger charge is 2.43. The highest BCUT2D eigenvalue weighted by Crippen LogP contribution is 2.35. The molecule has 3 N–H and O–H groups in total. The van der Waals surface area contributed by atoms with Crippen LogP contribution in [0.15, 0.2) is 0 Å². The van der Waals surface area contributed by atoms with Gasteiger partial charge in [0.25, 0.3) is 0 Å². The number of rotatable bonds is 2. The van der Waals surface area contributed by atoms with Crippen LogP contribution in [0.4, 0.5) is 13.2 Å². The van der Waals surface area contributed by atoms with Crippen LogP contribution in [0.3, 0.4) is 0 Å². The summed E-state index contributed by atoms with van der Waals surface area (Å²) >= 11 is 0. The number of halogens is 3. The molecule has 0 radical (unpaired) electrons. The summed E-state index contributed by atoms with van der Waals surface area (Å²) in [4.78, 5) is 0. The van der Waals surface area contributed by atoms with Gasteiger partial charge in [0.15, 0.2) is 6.10 Å². The second-order valence-electron chi connectivity index (χ2n) is 5.05. The molecule has 0 fully saturated rings. The predicted molar refractivity (Wildman–Crippen MR) is 69.1 cm³/mol. The average Bonchev–Trinajstić information content (AvgIpc) is 2.31. The molecule has 108 valence electrons. The number of aliphatic hydroxyl groups is 1. The minimum Gasteiger partial charge on any atom is -0.382 e. The van der Waals surface area contributed by atoms with Gasteiger partial charge in [-0.25, -0.2) is 0 Å². The summed E-state index contributed by atoms with van der Waals surface area (Å²) < 4.78 is 37.8. The molecule has 1 aromatic rings. The quantitative estimate of drug-likeness (QED) is 0.871. The SMILES string of the molecule is Cc1c(C)c(C)c([C@@H](N)[C@@H](O)C(F)(F)F)c(C)c1C. The van der Waals surface area contributed by atoms with Crippen LogP contribution in [0.1, 0.15) is 39.4 Å². The molecule has 0 aliphatic rings. The maximum Gasteiger partial charge on any atom is 0.416 e. The molecule has 0 unspecified atom stereocenters. The van der Waals surface area contributed by atoms with E-state index in [1.54, 1.807) is 13.8 Å². The molecule has 0 heterocycles. The zero-order valence-corrected chi connectivity index (χ0v) is 11.8. The summed E-state index contributed by atoms with van der Waals surface area (Å²) in [5, 5.41) is 9.36. The summed E-state index contributed by atoms with van der Waals surface area (Å²) in [6.07, 6.45) is -7.27. The second kappa shape index (κ2) is 5.13. The Labute approximate surface area is 111 Å². The van der Waals surface area contributed by atoms with E-state index < -0.39 is 18.3 Å². The summed E-state index contributed by atoms with van der Waals surface area (Å²) in [6.45, 7) is 9.13. The first-order chi connectivity index (χ1) is 8.50. The van der Waals surface area contributed by atoms with Crippen molar-refractivity contribution in [2.75, 3.05) is 0 Å². The first-order valence-electron chi connectivity index (χ1n) is 6.07. The molecule has 1 aromatic carbocycles. The van der Waals surface area contributed by atoms with Crippen LogP contribution < -0.4 is 5.73 Å². The van der Waals surface area contributed by atoms with Gasteiger partial charge in [-0.1, -0.05) is 0 Å². The molecular formula is C14H20F3NO. The largest absolute Gasteiger partial charge is 0.416 e. The molecule has 0 saturated heterocycles. The van der Waals surface area contributed by atoms with Gasteiger partial charge >= 0.3 is 6.18 Å². The smallest absolute Gasteiger partial charge is 0.382 e. The minimum atomic E-state index is -4.72. The van der Waals surface area contributed by atoms with Crippen molar-refractivity contribution in [1.82, 2.24) is 0 Å². The molecule has 0 bridgehead atoms. The van der Waals surface area contributed by atoms with Gasteiger partial charge in [0.05, 0.1) is 6.04 Å². The Kier molecular flexibility index (Phi) is 4.32. The summed E-state index contributed by atoms with van der Waals surface area (Å²) in [6, 6.07) is -1.46. The van der Waals surface area contributed by atoms with Crippen molar-refractivity contribution in [2.24, 2.45) is 5.73 Å². The zero-order chi connectivity index (χ0) is 15.1. The Hall–Kier alpha value is -1.07. The molecular weight excluding hydrogens is 255 g/mol. The third-order valence-corrected chi connectivity index (χ3v) is 4.07. The standard InChI is InChI=1S/C14H20F3NO/c1-6-7(2)9(4)11(10(5)8(6)3)12(18)13(19)14(15,16)17/h12-13,19H,18H2,1-5H3/t12-,13-/m1/s1. The van der Waals surface area contributed by atoms with Gasteiger partial charge in [0, 0.05) is 0 Å². The van der Waals surface area contributed by atoms with Gasteiger partial charge in [-0.15, -0.1) is 0 Å². The number of alkyl halides is 3. The van der Waals surface area contributed by atoms with E-state index in [9.17, 15) is 18.3 Å². The third-order valence-electron chi connectivity index (χ3n) is 4.07. The van der Waals surface area contributed by atoms with Crippen molar-refractivity contribution in [3.8, 4) is 0 Å². The number of benzene rings is 1. The molecule has 2 nitrogen and oxygen atoms in total. The van der Waals surface area contributed by atoms with E-state index in [0.29, 0.717) is 5.56 Å². The minimum absolute atomic E-state index is 0.394. The normalized spacial score (nSPS) is 15.5. The van der Waals surface area contributed by atoms with Gasteiger partial charge in [-0.05, 0) is 68.0 Å². The van der Waals surface area contributed by atoms with Crippen molar-refractivity contribution in [3.05, 3.63) is 33.4 Å². The molecule has 0 aromatic heterocycles. The fourth-order valence-electron chi connectivity index (χ4n) is 2.39. The maximum absolute atomic E-state index is 12.6. The van der Waals surface area contributed by atoms with Crippen molar-refractivity contribution in [3.63, 3.8) is 0 Å². The van der Waals surface area contributed by atoms with E-state index >= 15 is 0 Å². The van der Waals surface area contributed by atoms with Crippen molar-refractivity contribution in [1.29, 1.82) is 0 Å². The molecule has 1 rings (SSSR count). The van der Waals surface area contributed by atoms with Gasteiger partial charge in [-0.3, -0.25) is 0 Å². The Bertz CT molecular complexity index is 465. The van der Waals surface area contributed by atoms with Crippen LogP contribution in [-0.2, 0) is 0 Å². The second-order valence-corrected chi connectivity index (χ2v) is 5.05. The number of nitrogens with two attached hydrogens (primary N) is 1. The molecule has 0 saturated carbocycles. The van der Waals surface area contributed by atoms with E-state index in [2.05, 4.69) is 0 Å². The molecule has 19 heavy (non-hydrogen) atoms. The number of hydrogen-bond acceptors (Lipinski definition) is 2. The van der Waals surface area contributed by atoms with E-state index in [1.165, 1.54) is 0 Å². The Morgan fingerprint density at radius 3 is 1.47 bits per heavy atom. The average molecular weight is 275 g/mol. The Morgan fingerprint density at radius 1 is 0.842 bits per heavy atom. The molecule has 0 spiro atoms. The summed E-state index contributed by atoms with van der Waals surface area (Å²) in [5.74, 6) is 0. The number of aliphatic hydroxyl groups excluding tert-OH is 1. The molecule has 0 amide bonds. The van der Waals surface area contributed by atoms with Crippen LogP contribution in [0.25, 0.3) is 0 Å². The van der Waals surface area contributed by atoms with Crippen molar-refractivity contribution < 1.29 is 18.3 Å². The fraction of sp³-hybridized carbons (Fsp3) is 0.571. The maximum atomic E-state index is 12.6. The lowest BCUT2D eigenvalue weighted by molar-refractivity contribution is -0.210. The topological polar surface area (TPSA) is 46.2 Å². The molecule has 0 aliphatic heterocycles. The van der Waals surface area contributed by atoms with Crippen LogP contribution in [0.5, 0.6) is 0 Å². The number of hydrogen-bond donors (Lipinski definition) is 2. The molecule has 0 aliphatic carbocycles. The van der Waals surface area contributed by atoms with Crippen molar-refractivity contribution in [2.45, 2.75) is 52.9 Å². The van der Waals surface area contributed by atoms with Gasteiger partial charge in [0.1, 0.15) is 0 Å². The lowest BCUT2D eigenvalue weighted by Crippen LogP contribution is -2.39. The molecule has 2 atom stereocenters. The van der Waals surface area contributed by atoms with E-state index in [4.69, 9.17) is 5.73 Å². The summed E-state index contributed by atoms with van der Waals surface area (Å²) in [7, 11) is 0. The lowest BCUT2D eigenvalue weighted by atomic mass is 9.85. The highest BCUT2D eigenvalue weighted by molar-refractivity contribution is 5.51. The Morgan fingerprint density at radius 2 is 1.16 bits per heavy atom. The highest BCUT2D eigenvalue weighted by atomic mass is 19.4. The third kappa shape index (κ3) is 2.77.